The lowest BCUT2D eigenvalue weighted by Crippen LogP contribution is -2.30. The van der Waals surface area contributed by atoms with Gasteiger partial charge in [0.1, 0.15) is 5.82 Å². The van der Waals surface area contributed by atoms with Gasteiger partial charge in [0.25, 0.3) is 0 Å². The Morgan fingerprint density at radius 3 is 2.08 bits per heavy atom. The molecule has 0 spiro atoms. The summed E-state index contributed by atoms with van der Waals surface area (Å²) < 4.78 is 13.2. The van der Waals surface area contributed by atoms with Gasteiger partial charge in [-0.2, -0.15) is 0 Å². The average Bonchev–Trinajstić information content (AvgIpc) is 2.64. The average molecular weight is 354 g/mol. The standard InChI is InChI=1S/C22H27FN2O/c1-25(2)20-13-9-16(10-14-20)15-3-5-17(6-4-15)21(22(24)26)18-7-11-19(23)12-8-18/h7-15,17,21H,3-6H2,1-2H3,(H2,24,26). The van der Waals surface area contributed by atoms with Crippen molar-refractivity contribution in [3.8, 4) is 0 Å². The molecule has 1 atom stereocenters. The molecule has 1 amide bonds. The number of hydrogen-bond acceptors (Lipinski definition) is 2. The number of hydrogen-bond donors (Lipinski definition) is 1. The molecule has 2 aromatic carbocycles. The summed E-state index contributed by atoms with van der Waals surface area (Å²) in [5.41, 5.74) is 9.09. The van der Waals surface area contributed by atoms with Gasteiger partial charge in [0, 0.05) is 19.8 Å². The predicted molar refractivity (Wildman–Crippen MR) is 104 cm³/mol. The zero-order valence-corrected chi connectivity index (χ0v) is 15.5. The second kappa shape index (κ2) is 7.90. The first-order chi connectivity index (χ1) is 12.5. The van der Waals surface area contributed by atoms with Crippen LogP contribution in [0.1, 0.15) is 48.6 Å². The van der Waals surface area contributed by atoms with Gasteiger partial charge in [-0.25, -0.2) is 4.39 Å². The highest BCUT2D eigenvalue weighted by Gasteiger charge is 2.32. The minimum absolute atomic E-state index is 0.232. The topological polar surface area (TPSA) is 46.3 Å². The van der Waals surface area contributed by atoms with Crippen molar-refractivity contribution < 1.29 is 9.18 Å². The molecule has 0 aromatic heterocycles. The van der Waals surface area contributed by atoms with Gasteiger partial charge >= 0.3 is 0 Å². The normalized spacial score (nSPS) is 21.2. The number of anilines is 1. The number of nitrogens with zero attached hydrogens (tertiary/aromatic N) is 1. The Hall–Kier alpha value is -2.36. The SMILES string of the molecule is CN(C)c1ccc(C2CCC(C(C(N)=O)c3ccc(F)cc3)CC2)cc1. The van der Waals surface area contributed by atoms with Crippen molar-refractivity contribution in [2.45, 2.75) is 37.5 Å². The molecule has 0 heterocycles. The van der Waals surface area contributed by atoms with Crippen LogP contribution in [0.25, 0.3) is 0 Å². The van der Waals surface area contributed by atoms with E-state index < -0.39 is 0 Å². The highest BCUT2D eigenvalue weighted by atomic mass is 19.1. The Balaban J connectivity index is 1.68. The summed E-state index contributed by atoms with van der Waals surface area (Å²) in [4.78, 5) is 14.2. The lowest BCUT2D eigenvalue weighted by Gasteiger charge is -2.33. The minimum Gasteiger partial charge on any atom is -0.378 e. The highest BCUT2D eigenvalue weighted by molar-refractivity contribution is 5.82. The zero-order chi connectivity index (χ0) is 18.7. The third kappa shape index (κ3) is 4.06. The van der Waals surface area contributed by atoms with Crippen LogP contribution in [0.2, 0.25) is 0 Å². The first kappa shape index (κ1) is 18.4. The molecule has 2 N–H and O–H groups in total. The number of carbonyl (C=O) groups is 1. The van der Waals surface area contributed by atoms with E-state index in [1.54, 1.807) is 12.1 Å². The number of rotatable bonds is 5. The van der Waals surface area contributed by atoms with Crippen molar-refractivity contribution >= 4 is 11.6 Å². The van der Waals surface area contributed by atoms with Crippen LogP contribution in [-0.4, -0.2) is 20.0 Å². The minimum atomic E-state index is -0.326. The van der Waals surface area contributed by atoms with E-state index in [1.807, 2.05) is 14.1 Å². The van der Waals surface area contributed by atoms with Gasteiger partial charge in [0.05, 0.1) is 5.92 Å². The van der Waals surface area contributed by atoms with Crippen molar-refractivity contribution in [3.63, 3.8) is 0 Å². The zero-order valence-electron chi connectivity index (χ0n) is 15.5. The summed E-state index contributed by atoms with van der Waals surface area (Å²) in [6.07, 6.45) is 4.03. The molecule has 1 unspecified atom stereocenters. The molecule has 2 aromatic rings. The first-order valence-electron chi connectivity index (χ1n) is 9.27. The number of amides is 1. The number of halogens is 1. The Morgan fingerprint density at radius 2 is 1.58 bits per heavy atom. The van der Waals surface area contributed by atoms with Gasteiger partial charge in [-0.3, -0.25) is 4.79 Å². The summed E-state index contributed by atoms with van der Waals surface area (Å²) in [6.45, 7) is 0. The summed E-state index contributed by atoms with van der Waals surface area (Å²) >= 11 is 0. The highest BCUT2D eigenvalue weighted by Crippen LogP contribution is 2.42. The van der Waals surface area contributed by atoms with Crippen LogP contribution in [0.3, 0.4) is 0 Å². The summed E-state index contributed by atoms with van der Waals surface area (Å²) in [5.74, 6) is -0.163. The molecule has 1 saturated carbocycles. The van der Waals surface area contributed by atoms with E-state index in [-0.39, 0.29) is 23.6 Å². The molecular weight excluding hydrogens is 327 g/mol. The maximum absolute atomic E-state index is 13.2. The van der Waals surface area contributed by atoms with Crippen LogP contribution < -0.4 is 10.6 Å². The van der Waals surface area contributed by atoms with E-state index in [9.17, 15) is 9.18 Å². The van der Waals surface area contributed by atoms with Crippen molar-refractivity contribution in [1.82, 2.24) is 0 Å². The van der Waals surface area contributed by atoms with E-state index in [2.05, 4.69) is 29.2 Å². The van der Waals surface area contributed by atoms with Crippen LogP contribution in [0, 0.1) is 11.7 Å². The number of nitrogens with two attached hydrogens (primary N) is 1. The molecule has 0 saturated heterocycles. The molecule has 3 nitrogen and oxygen atoms in total. The maximum Gasteiger partial charge on any atom is 0.225 e. The molecule has 26 heavy (non-hydrogen) atoms. The Morgan fingerprint density at radius 1 is 1.00 bits per heavy atom. The van der Waals surface area contributed by atoms with E-state index in [0.717, 1.165) is 31.2 Å². The van der Waals surface area contributed by atoms with Crippen molar-refractivity contribution in [2.75, 3.05) is 19.0 Å². The molecule has 138 valence electrons. The molecular formula is C22H27FN2O. The number of benzene rings is 2. The predicted octanol–water partition coefficient (Wildman–Crippen LogP) is 4.43. The molecule has 3 rings (SSSR count). The van der Waals surface area contributed by atoms with Gasteiger partial charge in [-0.15, -0.1) is 0 Å². The number of carbonyl (C=O) groups excluding carboxylic acids is 1. The second-order valence-corrected chi connectivity index (χ2v) is 7.53. The van der Waals surface area contributed by atoms with E-state index >= 15 is 0 Å². The fourth-order valence-electron chi connectivity index (χ4n) is 4.17. The molecule has 0 bridgehead atoms. The fraction of sp³-hybridized carbons (Fsp3) is 0.409. The fourth-order valence-corrected chi connectivity index (χ4v) is 4.17. The van der Waals surface area contributed by atoms with Crippen LogP contribution in [-0.2, 0) is 4.79 Å². The van der Waals surface area contributed by atoms with Crippen molar-refractivity contribution in [2.24, 2.45) is 11.7 Å². The molecule has 1 fully saturated rings. The molecule has 1 aliphatic carbocycles. The van der Waals surface area contributed by atoms with Crippen molar-refractivity contribution in [3.05, 3.63) is 65.5 Å². The Labute approximate surface area is 155 Å². The van der Waals surface area contributed by atoms with Crippen molar-refractivity contribution in [1.29, 1.82) is 0 Å². The summed E-state index contributed by atoms with van der Waals surface area (Å²) in [7, 11) is 4.08. The number of primary amides is 1. The van der Waals surface area contributed by atoms with Gasteiger partial charge in [0.2, 0.25) is 5.91 Å². The second-order valence-electron chi connectivity index (χ2n) is 7.53. The van der Waals surface area contributed by atoms with E-state index in [4.69, 9.17) is 5.73 Å². The first-order valence-corrected chi connectivity index (χ1v) is 9.27. The monoisotopic (exact) mass is 354 g/mol. The Bertz CT molecular complexity index is 732. The molecule has 0 aliphatic heterocycles. The lowest BCUT2D eigenvalue weighted by atomic mass is 9.71. The molecule has 1 aliphatic rings. The van der Waals surface area contributed by atoms with Crippen LogP contribution in [0.5, 0.6) is 0 Å². The maximum atomic E-state index is 13.2. The van der Waals surface area contributed by atoms with Gasteiger partial charge < -0.3 is 10.6 Å². The van der Waals surface area contributed by atoms with Gasteiger partial charge in [-0.1, -0.05) is 24.3 Å². The third-order valence-corrected chi connectivity index (χ3v) is 5.66. The lowest BCUT2D eigenvalue weighted by molar-refractivity contribution is -0.120. The third-order valence-electron chi connectivity index (χ3n) is 5.66. The molecule has 4 heteroatoms. The summed E-state index contributed by atoms with van der Waals surface area (Å²) in [6, 6.07) is 14.9. The van der Waals surface area contributed by atoms with Crippen LogP contribution >= 0.6 is 0 Å². The van der Waals surface area contributed by atoms with E-state index in [1.165, 1.54) is 23.4 Å². The Kier molecular flexibility index (Phi) is 5.60. The quantitative estimate of drug-likeness (QED) is 0.863. The smallest absolute Gasteiger partial charge is 0.225 e. The van der Waals surface area contributed by atoms with E-state index in [0.29, 0.717) is 5.92 Å². The van der Waals surface area contributed by atoms with Crippen LogP contribution in [0.4, 0.5) is 10.1 Å². The summed E-state index contributed by atoms with van der Waals surface area (Å²) in [5, 5.41) is 0. The van der Waals surface area contributed by atoms with Gasteiger partial charge in [-0.05, 0) is 72.9 Å². The van der Waals surface area contributed by atoms with Gasteiger partial charge in [0.15, 0.2) is 0 Å². The molecule has 0 radical (unpaired) electrons. The largest absolute Gasteiger partial charge is 0.378 e. The van der Waals surface area contributed by atoms with Crippen LogP contribution in [0.15, 0.2) is 48.5 Å².